The first-order valence-electron chi connectivity index (χ1n) is 6.22. The number of rotatable bonds is 4. The van der Waals surface area contributed by atoms with E-state index in [4.69, 9.17) is 10.3 Å². The SMILES string of the molecule is CC(N)CCc1nc(-c2ccc(Br)cc2C(F)(F)F)no1. The van der Waals surface area contributed by atoms with Gasteiger partial charge >= 0.3 is 6.18 Å². The summed E-state index contributed by atoms with van der Waals surface area (Å²) >= 11 is 3.03. The van der Waals surface area contributed by atoms with Crippen molar-refractivity contribution in [3.05, 3.63) is 34.1 Å². The Morgan fingerprint density at radius 2 is 2.10 bits per heavy atom. The molecule has 0 fully saturated rings. The predicted molar refractivity (Wildman–Crippen MR) is 74.4 cm³/mol. The highest BCUT2D eigenvalue weighted by molar-refractivity contribution is 9.10. The molecule has 1 aromatic heterocycles. The maximum absolute atomic E-state index is 13.1. The average Bonchev–Trinajstić information content (AvgIpc) is 2.84. The molecule has 0 spiro atoms. The van der Waals surface area contributed by atoms with Gasteiger partial charge in [0.15, 0.2) is 0 Å². The number of hydrogen-bond acceptors (Lipinski definition) is 4. The predicted octanol–water partition coefficient (Wildman–Crippen LogP) is 3.80. The molecule has 21 heavy (non-hydrogen) atoms. The van der Waals surface area contributed by atoms with E-state index in [1.54, 1.807) is 0 Å². The lowest BCUT2D eigenvalue weighted by molar-refractivity contribution is -0.137. The molecule has 0 saturated carbocycles. The molecule has 8 heteroatoms. The van der Waals surface area contributed by atoms with Crippen LogP contribution in [0.25, 0.3) is 11.4 Å². The van der Waals surface area contributed by atoms with E-state index in [1.165, 1.54) is 12.1 Å². The molecule has 0 aliphatic carbocycles. The summed E-state index contributed by atoms with van der Waals surface area (Å²) in [7, 11) is 0. The van der Waals surface area contributed by atoms with E-state index < -0.39 is 11.7 Å². The summed E-state index contributed by atoms with van der Waals surface area (Å²) in [6.07, 6.45) is -3.44. The van der Waals surface area contributed by atoms with Crippen LogP contribution >= 0.6 is 15.9 Å². The molecule has 1 aromatic carbocycles. The molecule has 1 unspecified atom stereocenters. The van der Waals surface area contributed by atoms with Crippen molar-refractivity contribution < 1.29 is 17.7 Å². The van der Waals surface area contributed by atoms with E-state index in [0.717, 1.165) is 6.07 Å². The topological polar surface area (TPSA) is 64.9 Å². The van der Waals surface area contributed by atoms with Gasteiger partial charge < -0.3 is 10.3 Å². The van der Waals surface area contributed by atoms with E-state index in [1.807, 2.05) is 6.92 Å². The molecule has 0 amide bonds. The minimum atomic E-state index is -4.49. The maximum Gasteiger partial charge on any atom is 0.417 e. The van der Waals surface area contributed by atoms with Gasteiger partial charge in [0.1, 0.15) is 0 Å². The number of nitrogens with zero attached hydrogens (tertiary/aromatic N) is 2. The van der Waals surface area contributed by atoms with E-state index in [0.29, 0.717) is 17.3 Å². The highest BCUT2D eigenvalue weighted by Gasteiger charge is 2.35. The van der Waals surface area contributed by atoms with Crippen molar-refractivity contribution in [2.24, 2.45) is 5.73 Å². The third-order valence-corrected chi connectivity index (χ3v) is 3.30. The normalized spacial score (nSPS) is 13.4. The minimum absolute atomic E-state index is 0.0428. The molecule has 114 valence electrons. The Bertz CT molecular complexity index is 625. The van der Waals surface area contributed by atoms with Crippen LogP contribution in [0.15, 0.2) is 27.2 Å². The highest BCUT2D eigenvalue weighted by atomic mass is 79.9. The smallest absolute Gasteiger partial charge is 0.339 e. The number of aromatic nitrogens is 2. The van der Waals surface area contributed by atoms with E-state index >= 15 is 0 Å². The zero-order valence-electron chi connectivity index (χ0n) is 11.1. The molecule has 2 rings (SSSR count). The Morgan fingerprint density at radius 3 is 2.71 bits per heavy atom. The first-order valence-corrected chi connectivity index (χ1v) is 7.02. The molecule has 0 aliphatic heterocycles. The zero-order chi connectivity index (χ0) is 15.6. The van der Waals surface area contributed by atoms with Gasteiger partial charge in [-0.2, -0.15) is 18.2 Å². The summed E-state index contributed by atoms with van der Waals surface area (Å²) < 4.78 is 44.5. The second-order valence-electron chi connectivity index (χ2n) is 4.72. The van der Waals surface area contributed by atoms with Crippen molar-refractivity contribution >= 4 is 15.9 Å². The van der Waals surface area contributed by atoms with Gasteiger partial charge in [-0.25, -0.2) is 0 Å². The van der Waals surface area contributed by atoms with Gasteiger partial charge in [0, 0.05) is 22.5 Å². The van der Waals surface area contributed by atoms with Crippen LogP contribution in [0, 0.1) is 0 Å². The summed E-state index contributed by atoms with van der Waals surface area (Å²) in [6, 6.07) is 3.77. The molecule has 2 aromatic rings. The Hall–Kier alpha value is -1.41. The Labute approximate surface area is 127 Å². The molecule has 0 radical (unpaired) electrons. The van der Waals surface area contributed by atoms with Gasteiger partial charge in [0.2, 0.25) is 11.7 Å². The summed E-state index contributed by atoms with van der Waals surface area (Å²) in [5.74, 6) is 0.202. The van der Waals surface area contributed by atoms with E-state index in [-0.39, 0.29) is 23.3 Å². The highest BCUT2D eigenvalue weighted by Crippen LogP contribution is 2.37. The van der Waals surface area contributed by atoms with Gasteiger partial charge in [-0.1, -0.05) is 21.1 Å². The molecule has 2 N–H and O–H groups in total. The third-order valence-electron chi connectivity index (χ3n) is 2.81. The summed E-state index contributed by atoms with van der Waals surface area (Å²) in [5, 5.41) is 3.63. The van der Waals surface area contributed by atoms with Crippen LogP contribution in [0.4, 0.5) is 13.2 Å². The number of alkyl halides is 3. The molecule has 0 saturated heterocycles. The standard InChI is InChI=1S/C13H13BrF3N3O/c1-7(18)2-5-11-19-12(20-21-11)9-4-3-8(14)6-10(9)13(15,16)17/h3-4,6-7H,2,5,18H2,1H3. The second kappa shape index (κ2) is 6.15. The van der Waals surface area contributed by atoms with Crippen molar-refractivity contribution in [3.63, 3.8) is 0 Å². The van der Waals surface area contributed by atoms with Crippen LogP contribution in [0.1, 0.15) is 24.8 Å². The number of aryl methyl sites for hydroxylation is 1. The number of halogens is 4. The quantitative estimate of drug-likeness (QED) is 0.897. The molecule has 0 bridgehead atoms. The summed E-state index contributed by atoms with van der Waals surface area (Å²) in [5.41, 5.74) is 4.69. The molecule has 1 heterocycles. The van der Waals surface area contributed by atoms with Gasteiger partial charge in [-0.3, -0.25) is 0 Å². The third kappa shape index (κ3) is 4.04. The van der Waals surface area contributed by atoms with Crippen LogP contribution in [0.3, 0.4) is 0 Å². The number of benzene rings is 1. The molecular weight excluding hydrogens is 351 g/mol. The van der Waals surface area contributed by atoms with Crippen molar-refractivity contribution in [2.45, 2.75) is 32.0 Å². The van der Waals surface area contributed by atoms with Crippen molar-refractivity contribution in [1.82, 2.24) is 10.1 Å². The lowest BCUT2D eigenvalue weighted by Gasteiger charge is -2.10. The van der Waals surface area contributed by atoms with Crippen LogP contribution < -0.4 is 5.73 Å². The van der Waals surface area contributed by atoms with Gasteiger partial charge in [-0.15, -0.1) is 0 Å². The largest absolute Gasteiger partial charge is 0.417 e. The van der Waals surface area contributed by atoms with Crippen LogP contribution in [0.5, 0.6) is 0 Å². The maximum atomic E-state index is 13.1. The van der Waals surface area contributed by atoms with Crippen molar-refractivity contribution in [1.29, 1.82) is 0 Å². The Morgan fingerprint density at radius 1 is 1.38 bits per heavy atom. The lowest BCUT2D eigenvalue weighted by atomic mass is 10.1. The van der Waals surface area contributed by atoms with Crippen molar-refractivity contribution in [3.8, 4) is 11.4 Å². The Balaban J connectivity index is 2.34. The van der Waals surface area contributed by atoms with Crippen molar-refractivity contribution in [2.75, 3.05) is 0 Å². The fraction of sp³-hybridized carbons (Fsp3) is 0.385. The van der Waals surface area contributed by atoms with E-state index in [2.05, 4.69) is 26.1 Å². The molecular formula is C13H13BrF3N3O. The fourth-order valence-corrected chi connectivity index (χ4v) is 2.12. The van der Waals surface area contributed by atoms with Crippen LogP contribution in [-0.2, 0) is 12.6 Å². The first-order chi connectivity index (χ1) is 9.77. The minimum Gasteiger partial charge on any atom is -0.339 e. The molecule has 4 nitrogen and oxygen atoms in total. The second-order valence-corrected chi connectivity index (χ2v) is 5.63. The number of nitrogens with two attached hydrogens (primary N) is 1. The van der Waals surface area contributed by atoms with Crippen LogP contribution in [0.2, 0.25) is 0 Å². The summed E-state index contributed by atoms with van der Waals surface area (Å²) in [6.45, 7) is 1.83. The summed E-state index contributed by atoms with van der Waals surface area (Å²) in [4.78, 5) is 4.01. The lowest BCUT2D eigenvalue weighted by Crippen LogP contribution is -2.15. The first kappa shape index (κ1) is 16.0. The molecule has 1 atom stereocenters. The zero-order valence-corrected chi connectivity index (χ0v) is 12.7. The average molecular weight is 364 g/mol. The molecule has 0 aliphatic rings. The van der Waals surface area contributed by atoms with Gasteiger partial charge in [0.25, 0.3) is 0 Å². The Kier molecular flexibility index (Phi) is 4.67. The van der Waals surface area contributed by atoms with E-state index in [9.17, 15) is 13.2 Å². The number of hydrogen-bond donors (Lipinski definition) is 1. The monoisotopic (exact) mass is 363 g/mol. The van der Waals surface area contributed by atoms with Crippen LogP contribution in [-0.4, -0.2) is 16.2 Å². The fourth-order valence-electron chi connectivity index (χ4n) is 1.76. The van der Waals surface area contributed by atoms with Gasteiger partial charge in [-0.05, 0) is 31.5 Å². The van der Waals surface area contributed by atoms with Gasteiger partial charge in [0.05, 0.1) is 5.56 Å².